The Hall–Kier alpha value is -2.42. The number of anilines is 1. The molecule has 0 atom stereocenters. The summed E-state index contributed by atoms with van der Waals surface area (Å²) in [7, 11) is 0. The van der Waals surface area contributed by atoms with Gasteiger partial charge in [0, 0.05) is 11.9 Å². The van der Waals surface area contributed by atoms with Crippen LogP contribution in [0.4, 0.5) is 5.69 Å². The van der Waals surface area contributed by atoms with Crippen LogP contribution in [-0.2, 0) is 0 Å². The van der Waals surface area contributed by atoms with Crippen molar-refractivity contribution in [3.8, 4) is 0 Å². The number of fused-ring (bicyclic) bond motifs is 2. The van der Waals surface area contributed by atoms with Crippen LogP contribution in [0.2, 0.25) is 0 Å². The second-order valence-corrected chi connectivity index (χ2v) is 6.67. The van der Waals surface area contributed by atoms with Crippen LogP contribution >= 0.6 is 0 Å². The second kappa shape index (κ2) is 8.61. The highest BCUT2D eigenvalue weighted by molar-refractivity contribution is 6.03. The molecule has 0 bridgehead atoms. The molecule has 3 aromatic rings. The molecule has 0 aliphatic heterocycles. The molecule has 0 spiro atoms. The first-order valence-electron chi connectivity index (χ1n) is 9.36. The number of hydrogen-bond donors (Lipinski definition) is 0. The molecule has 0 saturated carbocycles. The highest BCUT2D eigenvalue weighted by Crippen LogP contribution is 2.31. The van der Waals surface area contributed by atoms with Gasteiger partial charge in [-0.1, -0.05) is 75.4 Å². The van der Waals surface area contributed by atoms with Gasteiger partial charge in [-0.15, -0.1) is 4.91 Å². The van der Waals surface area contributed by atoms with Crippen LogP contribution in [0.15, 0.2) is 59.9 Å². The van der Waals surface area contributed by atoms with Gasteiger partial charge in [0.15, 0.2) is 0 Å². The van der Waals surface area contributed by atoms with E-state index in [1.54, 1.807) is 5.01 Å². The van der Waals surface area contributed by atoms with Crippen molar-refractivity contribution in [2.45, 2.75) is 45.4 Å². The minimum Gasteiger partial charge on any atom is -0.229 e. The maximum atomic E-state index is 11.5. The fourth-order valence-corrected chi connectivity index (χ4v) is 3.42. The van der Waals surface area contributed by atoms with E-state index in [9.17, 15) is 4.91 Å². The van der Waals surface area contributed by atoms with Gasteiger partial charge in [-0.05, 0) is 40.8 Å². The summed E-state index contributed by atoms with van der Waals surface area (Å²) in [6, 6.07) is 18.8. The Kier molecular flexibility index (Phi) is 5.99. The van der Waals surface area contributed by atoms with E-state index in [1.165, 1.54) is 36.5 Å². The van der Waals surface area contributed by atoms with Crippen molar-refractivity contribution in [3.63, 3.8) is 0 Å². The average Bonchev–Trinajstić information content (AvgIpc) is 2.65. The number of rotatable bonds is 9. The van der Waals surface area contributed by atoms with E-state index >= 15 is 0 Å². The van der Waals surface area contributed by atoms with Crippen molar-refractivity contribution >= 4 is 27.2 Å². The fourth-order valence-electron chi connectivity index (χ4n) is 3.42. The lowest BCUT2D eigenvalue weighted by atomic mass is 10.0. The molecule has 0 aromatic heterocycles. The van der Waals surface area contributed by atoms with E-state index < -0.39 is 0 Å². The number of nitrogens with zero attached hydrogens (tertiary/aromatic N) is 2. The lowest BCUT2D eigenvalue weighted by Gasteiger charge is -2.18. The molecule has 0 fully saturated rings. The van der Waals surface area contributed by atoms with Crippen LogP contribution in [0.5, 0.6) is 0 Å². The Bertz CT molecular complexity index is 844. The molecule has 0 radical (unpaired) electrons. The molecule has 25 heavy (non-hydrogen) atoms. The molecule has 3 heteroatoms. The summed E-state index contributed by atoms with van der Waals surface area (Å²) in [6.45, 7) is 2.91. The maximum Gasteiger partial charge on any atom is 0.0704 e. The van der Waals surface area contributed by atoms with E-state index in [4.69, 9.17) is 0 Å². The van der Waals surface area contributed by atoms with Gasteiger partial charge in [-0.3, -0.25) is 0 Å². The molecule has 130 valence electrons. The molecule has 0 aliphatic carbocycles. The van der Waals surface area contributed by atoms with Crippen molar-refractivity contribution in [1.29, 1.82) is 0 Å². The normalized spacial score (nSPS) is 11.1. The monoisotopic (exact) mass is 334 g/mol. The zero-order valence-corrected chi connectivity index (χ0v) is 14.9. The Labute approximate surface area is 149 Å². The summed E-state index contributed by atoms with van der Waals surface area (Å²) in [5.74, 6) is 0. The Balaban J connectivity index is 1.80. The van der Waals surface area contributed by atoms with Gasteiger partial charge in [0.25, 0.3) is 0 Å². The van der Waals surface area contributed by atoms with Crippen LogP contribution in [0.1, 0.15) is 45.4 Å². The van der Waals surface area contributed by atoms with Crippen molar-refractivity contribution in [1.82, 2.24) is 0 Å². The largest absolute Gasteiger partial charge is 0.229 e. The maximum absolute atomic E-state index is 11.5. The van der Waals surface area contributed by atoms with E-state index in [1.807, 2.05) is 18.2 Å². The predicted octanol–water partition coefficient (Wildman–Crippen LogP) is 6.84. The standard InChI is InChI=1S/C22H26N2O/c1-2-3-4-5-6-9-15-24(23-25)22-14-10-13-20-16-18-11-7-8-12-19(18)17-21(20)22/h7-8,10-14,16-17H,2-6,9,15H2,1H3. The van der Waals surface area contributed by atoms with Gasteiger partial charge in [0.1, 0.15) is 0 Å². The molecule has 3 rings (SSSR count). The van der Waals surface area contributed by atoms with Crippen LogP contribution < -0.4 is 5.01 Å². The summed E-state index contributed by atoms with van der Waals surface area (Å²) in [5.41, 5.74) is 0.909. The first kappa shape index (κ1) is 17.4. The number of hydrogen-bond acceptors (Lipinski definition) is 2. The molecule has 0 N–H and O–H groups in total. The molecule has 0 heterocycles. The summed E-state index contributed by atoms with van der Waals surface area (Å²) < 4.78 is 0. The molecular weight excluding hydrogens is 308 g/mol. The van der Waals surface area contributed by atoms with Gasteiger partial charge in [-0.2, -0.15) is 0 Å². The van der Waals surface area contributed by atoms with Crippen LogP contribution in [0, 0.1) is 4.91 Å². The van der Waals surface area contributed by atoms with E-state index in [0.717, 1.165) is 29.3 Å². The Morgan fingerprint density at radius 3 is 2.24 bits per heavy atom. The summed E-state index contributed by atoms with van der Waals surface area (Å²) >= 11 is 0. The van der Waals surface area contributed by atoms with Crippen molar-refractivity contribution in [2.75, 3.05) is 11.6 Å². The molecule has 3 nitrogen and oxygen atoms in total. The van der Waals surface area contributed by atoms with Crippen molar-refractivity contribution in [3.05, 3.63) is 59.5 Å². The van der Waals surface area contributed by atoms with Gasteiger partial charge in [0.2, 0.25) is 0 Å². The summed E-state index contributed by atoms with van der Waals surface area (Å²) in [6.07, 6.45) is 7.23. The first-order valence-corrected chi connectivity index (χ1v) is 9.36. The molecule has 0 amide bonds. The third-order valence-corrected chi connectivity index (χ3v) is 4.82. The van der Waals surface area contributed by atoms with Crippen LogP contribution in [-0.4, -0.2) is 6.54 Å². The van der Waals surface area contributed by atoms with Crippen molar-refractivity contribution < 1.29 is 0 Å². The molecule has 0 saturated heterocycles. The lowest BCUT2D eigenvalue weighted by Crippen LogP contribution is -2.17. The topological polar surface area (TPSA) is 32.7 Å². The Morgan fingerprint density at radius 1 is 0.800 bits per heavy atom. The summed E-state index contributed by atoms with van der Waals surface area (Å²) in [4.78, 5) is 11.5. The second-order valence-electron chi connectivity index (χ2n) is 6.67. The third-order valence-electron chi connectivity index (χ3n) is 4.82. The van der Waals surface area contributed by atoms with Crippen LogP contribution in [0.25, 0.3) is 21.5 Å². The van der Waals surface area contributed by atoms with E-state index in [0.29, 0.717) is 6.54 Å². The summed E-state index contributed by atoms with van der Waals surface area (Å²) in [5, 5.41) is 9.57. The predicted molar refractivity (Wildman–Crippen MR) is 108 cm³/mol. The molecule has 3 aromatic carbocycles. The van der Waals surface area contributed by atoms with E-state index in [-0.39, 0.29) is 0 Å². The molecule has 0 aliphatic rings. The van der Waals surface area contributed by atoms with Gasteiger partial charge >= 0.3 is 0 Å². The minimum atomic E-state index is 0.682. The molecule has 0 unspecified atom stereocenters. The highest BCUT2D eigenvalue weighted by Gasteiger charge is 2.11. The zero-order valence-electron chi connectivity index (χ0n) is 14.9. The smallest absolute Gasteiger partial charge is 0.0704 e. The van der Waals surface area contributed by atoms with Crippen molar-refractivity contribution in [2.24, 2.45) is 5.29 Å². The molecular formula is C22H26N2O. The first-order chi connectivity index (χ1) is 12.3. The average molecular weight is 334 g/mol. The Morgan fingerprint density at radius 2 is 1.48 bits per heavy atom. The quantitative estimate of drug-likeness (QED) is 0.186. The van der Waals surface area contributed by atoms with Crippen LogP contribution in [0.3, 0.4) is 0 Å². The lowest BCUT2D eigenvalue weighted by molar-refractivity contribution is 0.601. The van der Waals surface area contributed by atoms with Gasteiger partial charge < -0.3 is 0 Å². The number of nitroso groups, excluding NO2 is 1. The fraction of sp³-hybridized carbons (Fsp3) is 0.364. The number of unbranched alkanes of at least 4 members (excludes halogenated alkanes) is 5. The van der Waals surface area contributed by atoms with Gasteiger partial charge in [-0.25, -0.2) is 5.01 Å². The zero-order chi connectivity index (χ0) is 17.5. The van der Waals surface area contributed by atoms with Gasteiger partial charge in [0.05, 0.1) is 11.0 Å². The number of benzene rings is 3. The minimum absolute atomic E-state index is 0.682. The highest BCUT2D eigenvalue weighted by atomic mass is 16.3. The van der Waals surface area contributed by atoms with E-state index in [2.05, 4.69) is 48.6 Å². The SMILES string of the molecule is CCCCCCCCN(N=O)c1cccc2cc3ccccc3cc12. The third kappa shape index (κ3) is 4.16.